The third-order valence-electron chi connectivity index (χ3n) is 3.57. The largest absolute Gasteiger partial charge is 0.296 e. The van der Waals surface area contributed by atoms with Gasteiger partial charge in [-0.1, -0.05) is 6.92 Å². The Morgan fingerprint density at radius 3 is 2.96 bits per heavy atom. The highest BCUT2D eigenvalue weighted by Crippen LogP contribution is 2.29. The second kappa shape index (κ2) is 6.91. The number of anilines is 1. The Kier molecular flexibility index (Phi) is 4.88. The van der Waals surface area contributed by atoms with Gasteiger partial charge >= 0.3 is 0 Å². The van der Waals surface area contributed by atoms with Gasteiger partial charge in [-0.15, -0.1) is 11.3 Å². The molecule has 8 nitrogen and oxygen atoms in total. The molecule has 10 heteroatoms. The predicted octanol–water partition coefficient (Wildman–Crippen LogP) is 1.28. The topological polar surface area (TPSA) is 105 Å². The summed E-state index contributed by atoms with van der Waals surface area (Å²) >= 11 is 1.30. The molecular formula is C14H17N5O3S2. The zero-order valence-corrected chi connectivity index (χ0v) is 14.7. The number of carbonyl (C=O) groups excluding carboxylic acids is 1. The summed E-state index contributed by atoms with van der Waals surface area (Å²) in [6.07, 6.45) is 5.45. The van der Waals surface area contributed by atoms with Gasteiger partial charge in [0.2, 0.25) is 10.0 Å². The number of carbonyl (C=O) groups is 1. The van der Waals surface area contributed by atoms with Gasteiger partial charge in [0.15, 0.2) is 5.13 Å². The number of hydrogen-bond acceptors (Lipinski definition) is 7. The molecule has 0 aromatic carbocycles. The number of nitrogens with zero attached hydrogens (tertiary/aromatic N) is 4. The first-order chi connectivity index (χ1) is 11.5. The van der Waals surface area contributed by atoms with E-state index in [1.165, 1.54) is 34.2 Å². The molecule has 3 heterocycles. The number of thiazole rings is 1. The van der Waals surface area contributed by atoms with Crippen molar-refractivity contribution in [2.45, 2.75) is 26.3 Å². The van der Waals surface area contributed by atoms with Crippen molar-refractivity contribution in [1.82, 2.24) is 19.3 Å². The molecule has 1 aliphatic heterocycles. The molecule has 0 aliphatic carbocycles. The van der Waals surface area contributed by atoms with Crippen molar-refractivity contribution in [3.8, 4) is 0 Å². The summed E-state index contributed by atoms with van der Waals surface area (Å²) < 4.78 is 25.9. The van der Waals surface area contributed by atoms with Crippen LogP contribution in [0.3, 0.4) is 0 Å². The predicted molar refractivity (Wildman–Crippen MR) is 90.3 cm³/mol. The smallest absolute Gasteiger partial charge is 0.277 e. The van der Waals surface area contributed by atoms with Crippen LogP contribution in [0.4, 0.5) is 5.13 Å². The maximum atomic E-state index is 12.2. The number of hydrogen-bond donors (Lipinski definition) is 1. The molecule has 1 N–H and O–H groups in total. The summed E-state index contributed by atoms with van der Waals surface area (Å²) in [7, 11) is -3.23. The summed E-state index contributed by atoms with van der Waals surface area (Å²) in [5.74, 6) is -0.234. The second-order valence-electron chi connectivity index (χ2n) is 5.33. The van der Waals surface area contributed by atoms with Gasteiger partial charge in [-0.3, -0.25) is 15.1 Å². The van der Waals surface area contributed by atoms with Crippen LogP contribution in [0.25, 0.3) is 0 Å². The lowest BCUT2D eigenvalue weighted by atomic mass is 10.2. The number of amides is 1. The molecule has 1 aliphatic rings. The fraction of sp³-hybridized carbons (Fsp3) is 0.429. The van der Waals surface area contributed by atoms with Crippen molar-refractivity contribution < 1.29 is 13.2 Å². The minimum absolute atomic E-state index is 0.150. The SMILES string of the molecule is CCCS(=O)(=O)N1CCc2nc(NC(=O)c3cnccn3)sc2C1. The van der Waals surface area contributed by atoms with E-state index in [1.807, 2.05) is 6.92 Å². The van der Waals surface area contributed by atoms with Gasteiger partial charge in [0.25, 0.3) is 5.91 Å². The Balaban J connectivity index is 1.73. The van der Waals surface area contributed by atoms with Gasteiger partial charge in [-0.05, 0) is 6.42 Å². The molecule has 0 fully saturated rings. The Morgan fingerprint density at radius 2 is 2.25 bits per heavy atom. The Labute approximate surface area is 144 Å². The number of aromatic nitrogens is 3. The highest BCUT2D eigenvalue weighted by Gasteiger charge is 2.28. The lowest BCUT2D eigenvalue weighted by molar-refractivity contribution is 0.102. The van der Waals surface area contributed by atoms with Gasteiger partial charge in [0.1, 0.15) is 5.69 Å². The molecule has 3 rings (SSSR count). The van der Waals surface area contributed by atoms with E-state index in [1.54, 1.807) is 0 Å². The maximum Gasteiger partial charge on any atom is 0.277 e. The molecule has 0 unspecified atom stereocenters. The van der Waals surface area contributed by atoms with Crippen LogP contribution in [0.1, 0.15) is 34.4 Å². The summed E-state index contributed by atoms with van der Waals surface area (Å²) in [6.45, 7) is 2.59. The van der Waals surface area contributed by atoms with Crippen molar-refractivity contribution in [2.75, 3.05) is 17.6 Å². The van der Waals surface area contributed by atoms with Crippen molar-refractivity contribution in [3.05, 3.63) is 34.9 Å². The zero-order chi connectivity index (χ0) is 17.2. The monoisotopic (exact) mass is 367 g/mol. The van der Waals surface area contributed by atoms with Crippen LogP contribution in [0.5, 0.6) is 0 Å². The lowest BCUT2D eigenvalue weighted by Gasteiger charge is -2.25. The van der Waals surface area contributed by atoms with Crippen LogP contribution in [0.2, 0.25) is 0 Å². The molecule has 2 aromatic heterocycles. The molecule has 0 saturated carbocycles. The van der Waals surface area contributed by atoms with Crippen LogP contribution in [-0.2, 0) is 23.0 Å². The molecule has 0 radical (unpaired) electrons. The van der Waals surface area contributed by atoms with Gasteiger partial charge in [-0.2, -0.15) is 4.31 Å². The molecule has 128 valence electrons. The Bertz CT molecular complexity index is 835. The summed E-state index contributed by atoms with van der Waals surface area (Å²) in [4.78, 5) is 25.1. The van der Waals surface area contributed by atoms with Crippen molar-refractivity contribution in [1.29, 1.82) is 0 Å². The third-order valence-corrected chi connectivity index (χ3v) is 6.59. The van der Waals surface area contributed by atoms with E-state index in [0.29, 0.717) is 31.1 Å². The molecular weight excluding hydrogens is 350 g/mol. The van der Waals surface area contributed by atoms with Crippen LogP contribution in [0.15, 0.2) is 18.6 Å². The van der Waals surface area contributed by atoms with E-state index in [-0.39, 0.29) is 17.4 Å². The average molecular weight is 367 g/mol. The van der Waals surface area contributed by atoms with Gasteiger partial charge in [0, 0.05) is 36.8 Å². The van der Waals surface area contributed by atoms with Gasteiger partial charge < -0.3 is 0 Å². The molecule has 24 heavy (non-hydrogen) atoms. The van der Waals surface area contributed by atoms with Gasteiger partial charge in [0.05, 0.1) is 17.6 Å². The van der Waals surface area contributed by atoms with Gasteiger partial charge in [-0.25, -0.2) is 18.4 Å². The Hall–Kier alpha value is -1.91. The van der Waals surface area contributed by atoms with E-state index in [2.05, 4.69) is 20.3 Å². The zero-order valence-electron chi connectivity index (χ0n) is 13.1. The van der Waals surface area contributed by atoms with E-state index < -0.39 is 10.0 Å². The van der Waals surface area contributed by atoms with E-state index >= 15 is 0 Å². The quantitative estimate of drug-likeness (QED) is 0.853. The normalized spacial score (nSPS) is 15.0. The molecule has 2 aromatic rings. The van der Waals surface area contributed by atoms with E-state index in [4.69, 9.17) is 0 Å². The van der Waals surface area contributed by atoms with Crippen molar-refractivity contribution in [3.63, 3.8) is 0 Å². The number of sulfonamides is 1. The van der Waals surface area contributed by atoms with Crippen molar-refractivity contribution >= 4 is 32.4 Å². The Morgan fingerprint density at radius 1 is 1.42 bits per heavy atom. The molecule has 0 atom stereocenters. The fourth-order valence-electron chi connectivity index (χ4n) is 2.43. The average Bonchev–Trinajstić information content (AvgIpc) is 2.97. The van der Waals surface area contributed by atoms with Crippen molar-refractivity contribution in [2.24, 2.45) is 0 Å². The van der Waals surface area contributed by atoms with Crippen LogP contribution >= 0.6 is 11.3 Å². The van der Waals surface area contributed by atoms with Crippen LogP contribution < -0.4 is 5.32 Å². The first-order valence-electron chi connectivity index (χ1n) is 7.53. The molecule has 1 amide bonds. The highest BCUT2D eigenvalue weighted by molar-refractivity contribution is 7.89. The first-order valence-corrected chi connectivity index (χ1v) is 9.96. The number of nitrogens with one attached hydrogen (secondary N) is 1. The van der Waals surface area contributed by atoms with Crippen LogP contribution in [-0.4, -0.2) is 45.9 Å². The molecule has 0 saturated heterocycles. The third kappa shape index (κ3) is 3.60. The molecule has 0 bridgehead atoms. The fourth-order valence-corrected chi connectivity index (χ4v) is 5.00. The number of fused-ring (bicyclic) bond motifs is 1. The number of rotatable bonds is 5. The van der Waals surface area contributed by atoms with Crippen LogP contribution in [0, 0.1) is 0 Å². The van der Waals surface area contributed by atoms with E-state index in [9.17, 15) is 13.2 Å². The highest BCUT2D eigenvalue weighted by atomic mass is 32.2. The minimum atomic E-state index is -3.23. The standard InChI is InChI=1S/C14H17N5O3S2/c1-2-7-24(21,22)19-6-3-10-12(9-19)23-14(17-10)18-13(20)11-8-15-4-5-16-11/h4-5,8H,2-3,6-7,9H2,1H3,(H,17,18,20). The van der Waals surface area contributed by atoms with E-state index in [0.717, 1.165) is 10.6 Å². The summed E-state index contributed by atoms with van der Waals surface area (Å²) in [5.41, 5.74) is 1.05. The second-order valence-corrected chi connectivity index (χ2v) is 8.51. The lowest BCUT2D eigenvalue weighted by Crippen LogP contribution is -2.36. The molecule has 0 spiro atoms. The summed E-state index contributed by atoms with van der Waals surface area (Å²) in [6, 6.07) is 0. The summed E-state index contributed by atoms with van der Waals surface area (Å²) in [5, 5.41) is 3.14. The minimum Gasteiger partial charge on any atom is -0.296 e. The maximum absolute atomic E-state index is 12.2. The first kappa shape index (κ1) is 16.9.